The molecule has 0 aliphatic carbocycles. The first-order valence-electron chi connectivity index (χ1n) is 4.28. The number of halogens is 2. The van der Waals surface area contributed by atoms with Crippen LogP contribution in [0.1, 0.15) is 19.8 Å². The normalized spacial score (nSPS) is 41.1. The molecule has 3 heterocycles. The molecule has 3 nitrogen and oxygen atoms in total. The Labute approximate surface area is 92.8 Å². The fourth-order valence-electron chi connectivity index (χ4n) is 2.35. The van der Waals surface area contributed by atoms with Crippen molar-refractivity contribution in [3.05, 3.63) is 0 Å². The third-order valence-electron chi connectivity index (χ3n) is 3.25. The molecule has 0 aromatic rings. The highest BCUT2D eigenvalue weighted by atomic mass is 35.5. The molecule has 3 fully saturated rings. The number of nitrogens with zero attached hydrogens (tertiary/aromatic N) is 1. The van der Waals surface area contributed by atoms with E-state index in [2.05, 4.69) is 11.8 Å². The molecule has 0 radical (unpaired) electrons. The first-order chi connectivity index (χ1) is 4.79. The van der Waals surface area contributed by atoms with E-state index in [1.54, 1.807) is 0 Å². The Morgan fingerprint density at radius 1 is 1.15 bits per heavy atom. The lowest BCUT2D eigenvalue weighted by molar-refractivity contribution is 0.0380. The highest BCUT2D eigenvalue weighted by Crippen LogP contribution is 2.30. The van der Waals surface area contributed by atoms with Gasteiger partial charge < -0.3 is 11.9 Å². The van der Waals surface area contributed by atoms with E-state index in [0.29, 0.717) is 12.1 Å². The van der Waals surface area contributed by atoms with Crippen LogP contribution >= 0.6 is 24.8 Å². The highest BCUT2D eigenvalue weighted by Gasteiger charge is 2.37. The highest BCUT2D eigenvalue weighted by molar-refractivity contribution is 5.85. The molecule has 5 N–H and O–H groups in total. The molecule has 0 aromatic heterocycles. The molecule has 3 saturated heterocycles. The zero-order valence-electron chi connectivity index (χ0n) is 8.11. The molecule has 3 aliphatic heterocycles. The summed E-state index contributed by atoms with van der Waals surface area (Å²) in [6.45, 7) is 4.84. The van der Waals surface area contributed by atoms with Gasteiger partial charge in [0.15, 0.2) is 0 Å². The number of hydrogen-bond acceptors (Lipinski definition) is 3. The van der Waals surface area contributed by atoms with Crippen molar-refractivity contribution in [1.29, 1.82) is 0 Å². The summed E-state index contributed by atoms with van der Waals surface area (Å²) < 4.78 is 0. The number of hydrogen-bond donors (Lipinski definition) is 2. The van der Waals surface area contributed by atoms with Crippen LogP contribution in [0.2, 0.25) is 0 Å². The predicted molar refractivity (Wildman–Crippen MR) is 61.3 cm³/mol. The lowest BCUT2D eigenvalue weighted by Gasteiger charge is -2.48. The minimum Gasteiger partial charge on any atom is -0.344 e. The number of nitrogens with two attached hydrogens (primary N) is 1. The Kier molecular flexibility index (Phi) is 7.39. The van der Waals surface area contributed by atoms with Crippen LogP contribution in [-0.4, -0.2) is 30.1 Å². The minimum atomic E-state index is 0. The van der Waals surface area contributed by atoms with E-state index in [-0.39, 0.29) is 31.0 Å². The molecule has 2 atom stereocenters. The van der Waals surface area contributed by atoms with E-state index in [4.69, 9.17) is 5.73 Å². The summed E-state index contributed by atoms with van der Waals surface area (Å²) in [6, 6.07) is 1.11. The third kappa shape index (κ3) is 2.70. The number of fused-ring (bicyclic) bond motifs is 3. The van der Waals surface area contributed by atoms with Gasteiger partial charge in [0.05, 0.1) is 0 Å². The fraction of sp³-hybridized carbons (Fsp3) is 1.00. The average molecular weight is 230 g/mol. The predicted octanol–water partition coefficient (Wildman–Crippen LogP) is 1.43. The van der Waals surface area contributed by atoms with Gasteiger partial charge >= 0.3 is 0 Å². The molecule has 3 aliphatic rings. The third-order valence-corrected chi connectivity index (χ3v) is 3.25. The SMILES string of the molecule is CC1C(N)C2CCN1CC2.Cl.Cl.N. The quantitative estimate of drug-likeness (QED) is 0.661. The Hall–Kier alpha value is 0.460. The second kappa shape index (κ2) is 6.04. The minimum absolute atomic E-state index is 0. The van der Waals surface area contributed by atoms with Crippen molar-refractivity contribution in [2.45, 2.75) is 31.8 Å². The van der Waals surface area contributed by atoms with Crippen molar-refractivity contribution in [3.63, 3.8) is 0 Å². The largest absolute Gasteiger partial charge is 0.344 e. The summed E-state index contributed by atoms with van der Waals surface area (Å²) in [5, 5.41) is 0. The summed E-state index contributed by atoms with van der Waals surface area (Å²) in [4.78, 5) is 2.52. The Balaban J connectivity index is 0. The van der Waals surface area contributed by atoms with Gasteiger partial charge in [0.2, 0.25) is 0 Å². The van der Waals surface area contributed by atoms with Crippen LogP contribution in [0.4, 0.5) is 0 Å². The Bertz CT molecular complexity index is 117. The van der Waals surface area contributed by atoms with Gasteiger partial charge in [0.25, 0.3) is 0 Å². The summed E-state index contributed by atoms with van der Waals surface area (Å²) in [5.41, 5.74) is 6.02. The summed E-state index contributed by atoms with van der Waals surface area (Å²) in [6.07, 6.45) is 2.68. The molecular weight excluding hydrogens is 209 g/mol. The van der Waals surface area contributed by atoms with Crippen LogP contribution < -0.4 is 11.9 Å². The maximum atomic E-state index is 6.02. The summed E-state index contributed by atoms with van der Waals surface area (Å²) in [7, 11) is 0. The summed E-state index contributed by atoms with van der Waals surface area (Å²) in [5.74, 6) is 0.833. The monoisotopic (exact) mass is 229 g/mol. The first-order valence-corrected chi connectivity index (χ1v) is 4.28. The van der Waals surface area contributed by atoms with E-state index in [9.17, 15) is 0 Å². The van der Waals surface area contributed by atoms with Gasteiger partial charge in [0, 0.05) is 12.1 Å². The van der Waals surface area contributed by atoms with Gasteiger partial charge in [-0.3, -0.25) is 4.90 Å². The van der Waals surface area contributed by atoms with Gasteiger partial charge in [-0.2, -0.15) is 0 Å². The zero-order valence-corrected chi connectivity index (χ0v) is 9.74. The van der Waals surface area contributed by atoms with Crippen LogP contribution in [-0.2, 0) is 0 Å². The lowest BCUT2D eigenvalue weighted by Crippen LogP contribution is -2.59. The molecule has 0 saturated carbocycles. The van der Waals surface area contributed by atoms with Crippen LogP contribution in [0.15, 0.2) is 0 Å². The van der Waals surface area contributed by atoms with Gasteiger partial charge in [-0.05, 0) is 38.8 Å². The second-order valence-corrected chi connectivity index (χ2v) is 3.69. The van der Waals surface area contributed by atoms with E-state index in [1.165, 1.54) is 25.9 Å². The maximum absolute atomic E-state index is 6.02. The summed E-state index contributed by atoms with van der Waals surface area (Å²) >= 11 is 0. The maximum Gasteiger partial charge on any atom is 0.0223 e. The van der Waals surface area contributed by atoms with E-state index in [0.717, 1.165) is 5.92 Å². The average Bonchev–Trinajstić information content (AvgIpc) is 2.00. The standard InChI is InChI=1S/C8H16N2.2ClH.H3N/c1-6-8(9)7-2-4-10(6)5-3-7;;;/h6-8H,2-5,9H2,1H3;2*1H;1H3. The number of rotatable bonds is 0. The molecule has 2 unspecified atom stereocenters. The molecule has 0 spiro atoms. The molecule has 13 heavy (non-hydrogen) atoms. The molecule has 2 bridgehead atoms. The molecule has 82 valence electrons. The van der Waals surface area contributed by atoms with Gasteiger partial charge in [0.1, 0.15) is 0 Å². The van der Waals surface area contributed by atoms with Crippen molar-refractivity contribution < 1.29 is 0 Å². The van der Waals surface area contributed by atoms with Crippen LogP contribution in [0.3, 0.4) is 0 Å². The van der Waals surface area contributed by atoms with E-state index >= 15 is 0 Å². The smallest absolute Gasteiger partial charge is 0.0223 e. The van der Waals surface area contributed by atoms with Crippen LogP contribution in [0.5, 0.6) is 0 Å². The molecule has 3 rings (SSSR count). The fourth-order valence-corrected chi connectivity index (χ4v) is 2.35. The molecular formula is C8H21Cl2N3. The van der Waals surface area contributed by atoms with Crippen molar-refractivity contribution in [3.8, 4) is 0 Å². The van der Waals surface area contributed by atoms with Crippen LogP contribution in [0, 0.1) is 5.92 Å². The van der Waals surface area contributed by atoms with Crippen molar-refractivity contribution in [2.75, 3.05) is 13.1 Å². The van der Waals surface area contributed by atoms with Crippen molar-refractivity contribution in [2.24, 2.45) is 11.7 Å². The van der Waals surface area contributed by atoms with Crippen molar-refractivity contribution in [1.82, 2.24) is 11.1 Å². The van der Waals surface area contributed by atoms with Gasteiger partial charge in [-0.15, -0.1) is 24.8 Å². The van der Waals surface area contributed by atoms with Crippen LogP contribution in [0.25, 0.3) is 0 Å². The zero-order chi connectivity index (χ0) is 7.14. The lowest BCUT2D eigenvalue weighted by atomic mass is 9.80. The topological polar surface area (TPSA) is 64.3 Å². The van der Waals surface area contributed by atoms with Gasteiger partial charge in [-0.1, -0.05) is 0 Å². The second-order valence-electron chi connectivity index (χ2n) is 3.69. The Morgan fingerprint density at radius 3 is 1.85 bits per heavy atom. The first kappa shape index (κ1) is 15.9. The van der Waals surface area contributed by atoms with E-state index in [1.807, 2.05) is 0 Å². The van der Waals surface area contributed by atoms with Gasteiger partial charge in [-0.25, -0.2) is 0 Å². The number of piperidine rings is 3. The molecule has 5 heteroatoms. The Morgan fingerprint density at radius 2 is 1.62 bits per heavy atom. The molecule has 0 amide bonds. The molecule has 0 aromatic carbocycles. The van der Waals surface area contributed by atoms with E-state index < -0.39 is 0 Å². The van der Waals surface area contributed by atoms with Crippen molar-refractivity contribution >= 4 is 24.8 Å².